The van der Waals surface area contributed by atoms with E-state index in [0.717, 1.165) is 36.3 Å². The SMILES string of the molecule is COCC1CCN(CC(=O)Nc2ccc(N)cc2Br)C1. The van der Waals surface area contributed by atoms with Crippen LogP contribution in [0.1, 0.15) is 6.42 Å². The van der Waals surface area contributed by atoms with Gasteiger partial charge in [-0.2, -0.15) is 0 Å². The Balaban J connectivity index is 1.84. The number of methoxy groups -OCH3 is 1. The van der Waals surface area contributed by atoms with Crippen molar-refractivity contribution in [3.63, 3.8) is 0 Å². The molecule has 20 heavy (non-hydrogen) atoms. The van der Waals surface area contributed by atoms with Gasteiger partial charge in [0, 0.05) is 23.8 Å². The molecule has 1 aliphatic heterocycles. The normalized spacial score (nSPS) is 19.2. The van der Waals surface area contributed by atoms with Crippen LogP contribution in [0, 0.1) is 5.92 Å². The highest BCUT2D eigenvalue weighted by atomic mass is 79.9. The predicted molar refractivity (Wildman–Crippen MR) is 83.6 cm³/mol. The lowest BCUT2D eigenvalue weighted by Gasteiger charge is -2.16. The van der Waals surface area contributed by atoms with Crippen molar-refractivity contribution in [2.45, 2.75) is 6.42 Å². The fourth-order valence-corrected chi connectivity index (χ4v) is 2.95. The molecule has 0 radical (unpaired) electrons. The van der Waals surface area contributed by atoms with Crippen molar-refractivity contribution in [3.8, 4) is 0 Å². The molecule has 1 aromatic rings. The van der Waals surface area contributed by atoms with Gasteiger partial charge in [-0.15, -0.1) is 0 Å². The number of carbonyl (C=O) groups excluding carboxylic acids is 1. The summed E-state index contributed by atoms with van der Waals surface area (Å²) in [7, 11) is 1.72. The number of nitrogens with zero attached hydrogens (tertiary/aromatic N) is 1. The first-order valence-electron chi connectivity index (χ1n) is 6.64. The van der Waals surface area contributed by atoms with Crippen molar-refractivity contribution in [2.24, 2.45) is 5.92 Å². The Labute approximate surface area is 127 Å². The second kappa shape index (κ2) is 7.06. The lowest BCUT2D eigenvalue weighted by atomic mass is 10.1. The van der Waals surface area contributed by atoms with E-state index in [2.05, 4.69) is 26.1 Å². The summed E-state index contributed by atoms with van der Waals surface area (Å²) in [6, 6.07) is 5.35. The first-order chi connectivity index (χ1) is 9.58. The molecule has 0 saturated carbocycles. The van der Waals surface area contributed by atoms with E-state index in [-0.39, 0.29) is 5.91 Å². The quantitative estimate of drug-likeness (QED) is 0.803. The van der Waals surface area contributed by atoms with Crippen molar-refractivity contribution in [1.82, 2.24) is 4.90 Å². The predicted octanol–water partition coefficient (Wildman–Crippen LogP) is 1.94. The molecule has 1 heterocycles. The molecule has 1 unspecified atom stereocenters. The van der Waals surface area contributed by atoms with Gasteiger partial charge in [0.15, 0.2) is 0 Å². The molecule has 2 rings (SSSR count). The van der Waals surface area contributed by atoms with Gasteiger partial charge in [-0.05, 0) is 53.0 Å². The molecular weight excluding hydrogens is 322 g/mol. The van der Waals surface area contributed by atoms with Gasteiger partial charge >= 0.3 is 0 Å². The van der Waals surface area contributed by atoms with Crippen molar-refractivity contribution in [2.75, 3.05) is 44.4 Å². The van der Waals surface area contributed by atoms with Crippen LogP contribution in [0.5, 0.6) is 0 Å². The van der Waals surface area contributed by atoms with Crippen LogP contribution in [0.15, 0.2) is 22.7 Å². The average Bonchev–Trinajstić information content (AvgIpc) is 2.81. The third kappa shape index (κ3) is 4.19. The largest absolute Gasteiger partial charge is 0.399 e. The summed E-state index contributed by atoms with van der Waals surface area (Å²) >= 11 is 3.39. The first-order valence-corrected chi connectivity index (χ1v) is 7.44. The molecule has 3 N–H and O–H groups in total. The van der Waals surface area contributed by atoms with E-state index in [1.165, 1.54) is 0 Å². The summed E-state index contributed by atoms with van der Waals surface area (Å²) < 4.78 is 5.95. The minimum absolute atomic E-state index is 0.00598. The highest BCUT2D eigenvalue weighted by Crippen LogP contribution is 2.24. The maximum atomic E-state index is 12.0. The van der Waals surface area contributed by atoms with E-state index >= 15 is 0 Å². The van der Waals surface area contributed by atoms with Crippen LogP contribution in [0.25, 0.3) is 0 Å². The topological polar surface area (TPSA) is 67.6 Å². The number of likely N-dealkylation sites (tertiary alicyclic amines) is 1. The second-order valence-electron chi connectivity index (χ2n) is 5.13. The zero-order valence-corrected chi connectivity index (χ0v) is 13.1. The van der Waals surface area contributed by atoms with Gasteiger partial charge in [-0.25, -0.2) is 0 Å². The number of halogens is 1. The smallest absolute Gasteiger partial charge is 0.238 e. The van der Waals surface area contributed by atoms with Crippen LogP contribution in [-0.2, 0) is 9.53 Å². The second-order valence-corrected chi connectivity index (χ2v) is 5.99. The Morgan fingerprint density at radius 3 is 3.10 bits per heavy atom. The minimum Gasteiger partial charge on any atom is -0.399 e. The van der Waals surface area contributed by atoms with Gasteiger partial charge in [-0.3, -0.25) is 9.69 Å². The number of carbonyl (C=O) groups is 1. The number of hydrogen-bond donors (Lipinski definition) is 2. The molecule has 1 atom stereocenters. The van der Waals surface area contributed by atoms with E-state index in [1.807, 2.05) is 0 Å². The Bertz CT molecular complexity index is 481. The number of nitrogens with one attached hydrogen (secondary N) is 1. The Morgan fingerprint density at radius 1 is 1.60 bits per heavy atom. The number of nitrogen functional groups attached to an aromatic ring is 1. The van der Waals surface area contributed by atoms with Crippen LogP contribution in [0.4, 0.5) is 11.4 Å². The van der Waals surface area contributed by atoms with Gasteiger partial charge in [-0.1, -0.05) is 0 Å². The Kier molecular flexibility index (Phi) is 5.39. The van der Waals surface area contributed by atoms with Crippen LogP contribution in [0.2, 0.25) is 0 Å². The third-order valence-corrected chi connectivity index (χ3v) is 4.06. The van der Waals surface area contributed by atoms with E-state index in [0.29, 0.717) is 18.2 Å². The lowest BCUT2D eigenvalue weighted by Crippen LogP contribution is -2.32. The molecule has 6 heteroatoms. The van der Waals surface area contributed by atoms with E-state index in [9.17, 15) is 4.79 Å². The van der Waals surface area contributed by atoms with Gasteiger partial charge in [0.05, 0.1) is 18.8 Å². The van der Waals surface area contributed by atoms with E-state index < -0.39 is 0 Å². The molecule has 0 spiro atoms. The van der Waals surface area contributed by atoms with E-state index in [4.69, 9.17) is 10.5 Å². The monoisotopic (exact) mass is 341 g/mol. The van der Waals surface area contributed by atoms with Gasteiger partial charge in [0.1, 0.15) is 0 Å². The van der Waals surface area contributed by atoms with Crippen LogP contribution in [-0.4, -0.2) is 44.2 Å². The zero-order valence-electron chi connectivity index (χ0n) is 11.6. The van der Waals surface area contributed by atoms with Crippen LogP contribution in [0.3, 0.4) is 0 Å². The molecule has 5 nitrogen and oxygen atoms in total. The Hall–Kier alpha value is -1.11. The summed E-state index contributed by atoms with van der Waals surface area (Å²) in [5.41, 5.74) is 7.08. The van der Waals surface area contributed by atoms with Crippen molar-refractivity contribution in [3.05, 3.63) is 22.7 Å². The fourth-order valence-electron chi connectivity index (χ4n) is 2.45. The minimum atomic E-state index is -0.00598. The highest BCUT2D eigenvalue weighted by Gasteiger charge is 2.23. The summed E-state index contributed by atoms with van der Waals surface area (Å²) in [6.45, 7) is 3.05. The number of anilines is 2. The number of rotatable bonds is 5. The fraction of sp³-hybridized carbons (Fsp3) is 0.500. The Morgan fingerprint density at radius 2 is 2.40 bits per heavy atom. The lowest BCUT2D eigenvalue weighted by molar-refractivity contribution is -0.117. The van der Waals surface area contributed by atoms with Crippen molar-refractivity contribution >= 4 is 33.2 Å². The maximum Gasteiger partial charge on any atom is 0.238 e. The van der Waals surface area contributed by atoms with Crippen LogP contribution >= 0.6 is 15.9 Å². The average molecular weight is 342 g/mol. The standard InChI is InChI=1S/C14H20BrN3O2/c1-20-9-10-4-5-18(7-10)8-14(19)17-13-3-2-11(16)6-12(13)15/h2-3,6,10H,4-5,7-9,16H2,1H3,(H,17,19). The molecule has 0 aromatic heterocycles. The summed E-state index contributed by atoms with van der Waals surface area (Å²) in [5.74, 6) is 0.532. The summed E-state index contributed by atoms with van der Waals surface area (Å²) in [6.07, 6.45) is 1.09. The summed E-state index contributed by atoms with van der Waals surface area (Å²) in [5, 5.41) is 2.90. The molecule has 110 valence electrons. The number of nitrogens with two attached hydrogens (primary N) is 1. The molecule has 0 aliphatic carbocycles. The van der Waals surface area contributed by atoms with E-state index in [1.54, 1.807) is 25.3 Å². The van der Waals surface area contributed by atoms with Gasteiger partial charge < -0.3 is 15.8 Å². The molecule has 1 aromatic carbocycles. The molecule has 1 amide bonds. The number of amides is 1. The third-order valence-electron chi connectivity index (χ3n) is 3.41. The molecule has 1 saturated heterocycles. The number of hydrogen-bond acceptors (Lipinski definition) is 4. The highest BCUT2D eigenvalue weighted by molar-refractivity contribution is 9.10. The molecule has 0 bridgehead atoms. The van der Waals surface area contributed by atoms with Gasteiger partial charge in [0.2, 0.25) is 5.91 Å². The van der Waals surface area contributed by atoms with Crippen LogP contribution < -0.4 is 11.1 Å². The molecular formula is C14H20BrN3O2. The van der Waals surface area contributed by atoms with Gasteiger partial charge in [0.25, 0.3) is 0 Å². The molecule has 1 aliphatic rings. The number of ether oxygens (including phenoxy) is 1. The summed E-state index contributed by atoms with van der Waals surface area (Å²) in [4.78, 5) is 14.2. The zero-order chi connectivity index (χ0) is 14.5. The maximum absolute atomic E-state index is 12.0. The number of benzene rings is 1. The van der Waals surface area contributed by atoms with Crippen molar-refractivity contribution < 1.29 is 9.53 Å². The van der Waals surface area contributed by atoms with Crippen molar-refractivity contribution in [1.29, 1.82) is 0 Å². The molecule has 1 fully saturated rings. The first kappa shape index (κ1) is 15.3.